The van der Waals surface area contributed by atoms with E-state index in [1.807, 2.05) is 0 Å². The molecule has 0 spiro atoms. The predicted molar refractivity (Wildman–Crippen MR) is 151 cm³/mol. The van der Waals surface area contributed by atoms with E-state index >= 15 is 4.39 Å². The summed E-state index contributed by atoms with van der Waals surface area (Å²) < 4.78 is 48.5. The number of halogens is 3. The summed E-state index contributed by atoms with van der Waals surface area (Å²) in [4.78, 5) is 0. The second kappa shape index (κ2) is 14.2. The molecule has 38 heavy (non-hydrogen) atoms. The third-order valence-corrected chi connectivity index (χ3v) is 9.12. The number of benzene rings is 2. The molecule has 0 heterocycles. The minimum absolute atomic E-state index is 0.0468. The molecule has 4 rings (SSSR count). The fraction of sp³-hybridized carbons (Fsp3) is 0.588. The number of unbranched alkanes of at least 4 members (excludes halogenated alkanes) is 2. The predicted octanol–water partition coefficient (Wildman–Crippen LogP) is 10.8. The van der Waals surface area contributed by atoms with Crippen LogP contribution in [0.15, 0.2) is 42.5 Å². The number of allylic oxidation sites excluding steroid dienone is 2. The Kier molecular flexibility index (Phi) is 10.8. The molecule has 0 radical (unpaired) electrons. The van der Waals surface area contributed by atoms with Crippen LogP contribution < -0.4 is 4.74 Å². The van der Waals surface area contributed by atoms with Crippen LogP contribution in [0.2, 0.25) is 0 Å². The average Bonchev–Trinajstić information content (AvgIpc) is 2.94. The molecule has 0 bridgehead atoms. The van der Waals surface area contributed by atoms with E-state index in [1.54, 1.807) is 12.1 Å². The highest BCUT2D eigenvalue weighted by molar-refractivity contribution is 5.66. The molecule has 0 aliphatic heterocycles. The average molecular weight is 527 g/mol. The van der Waals surface area contributed by atoms with Crippen LogP contribution in [0.5, 0.6) is 5.75 Å². The second-order valence-electron chi connectivity index (χ2n) is 11.7. The first kappa shape index (κ1) is 28.8. The maximum absolute atomic E-state index is 15.1. The molecule has 2 aliphatic rings. The molecule has 2 aromatic carbocycles. The molecule has 0 aromatic heterocycles. The normalized spacial score (nSPS) is 24.1. The van der Waals surface area contributed by atoms with Gasteiger partial charge in [0.15, 0.2) is 11.6 Å². The lowest BCUT2D eigenvalue weighted by Crippen LogP contribution is -2.14. The van der Waals surface area contributed by atoms with Crippen molar-refractivity contribution in [2.45, 2.75) is 103 Å². The Labute approximate surface area is 227 Å². The minimum Gasteiger partial charge on any atom is -0.494 e. The Hall–Kier alpha value is -2.23. The quantitative estimate of drug-likeness (QED) is 0.209. The maximum Gasteiger partial charge on any atom is 0.201 e. The summed E-state index contributed by atoms with van der Waals surface area (Å²) in [5.41, 5.74) is 1.09. The number of ether oxygens (including phenoxy) is 1. The van der Waals surface area contributed by atoms with Gasteiger partial charge in [-0.1, -0.05) is 56.9 Å². The Balaban J connectivity index is 1.21. The van der Waals surface area contributed by atoms with Crippen LogP contribution in [-0.2, 0) is 0 Å². The summed E-state index contributed by atoms with van der Waals surface area (Å²) in [5, 5.41) is 0. The van der Waals surface area contributed by atoms with Gasteiger partial charge in [0, 0.05) is 5.56 Å². The highest BCUT2D eigenvalue weighted by Crippen LogP contribution is 2.40. The van der Waals surface area contributed by atoms with Crippen molar-refractivity contribution in [3.05, 3.63) is 65.5 Å². The summed E-state index contributed by atoms with van der Waals surface area (Å²) in [6.45, 7) is 2.28. The van der Waals surface area contributed by atoms with Crippen molar-refractivity contribution in [2.75, 3.05) is 7.11 Å². The monoisotopic (exact) mass is 526 g/mol. The summed E-state index contributed by atoms with van der Waals surface area (Å²) >= 11 is 0. The zero-order valence-corrected chi connectivity index (χ0v) is 23.3. The molecule has 2 fully saturated rings. The highest BCUT2D eigenvalue weighted by Gasteiger charge is 2.25. The van der Waals surface area contributed by atoms with Crippen LogP contribution >= 0.6 is 0 Å². The number of hydrogen-bond acceptors (Lipinski definition) is 1. The van der Waals surface area contributed by atoms with Gasteiger partial charge in [0.2, 0.25) is 5.82 Å². The van der Waals surface area contributed by atoms with Crippen LogP contribution in [0.1, 0.15) is 108 Å². The topological polar surface area (TPSA) is 9.23 Å². The lowest BCUT2D eigenvalue weighted by molar-refractivity contribution is 0.288. The molecular weight excluding hydrogens is 481 g/mol. The van der Waals surface area contributed by atoms with Crippen molar-refractivity contribution in [1.82, 2.24) is 0 Å². The molecular formula is C34H45F3O. The van der Waals surface area contributed by atoms with Gasteiger partial charge in [-0.05, 0) is 117 Å². The number of methoxy groups -OCH3 is 1. The molecule has 0 unspecified atom stereocenters. The third-order valence-electron chi connectivity index (χ3n) is 9.12. The zero-order valence-electron chi connectivity index (χ0n) is 23.3. The van der Waals surface area contributed by atoms with E-state index in [1.165, 1.54) is 83.1 Å². The summed E-state index contributed by atoms with van der Waals surface area (Å²) in [6, 6.07) is 7.62. The van der Waals surface area contributed by atoms with E-state index in [0.29, 0.717) is 17.0 Å². The van der Waals surface area contributed by atoms with Gasteiger partial charge in [-0.15, -0.1) is 0 Å². The molecule has 0 atom stereocenters. The number of rotatable bonds is 11. The highest BCUT2D eigenvalue weighted by atomic mass is 19.2. The van der Waals surface area contributed by atoms with Crippen LogP contribution in [0, 0.1) is 35.2 Å². The van der Waals surface area contributed by atoms with E-state index in [-0.39, 0.29) is 23.0 Å². The molecule has 2 aromatic rings. The SMILES string of the molecule is CCCCCC1CCC(/C=C/CCC2CCC(c3ccc(-c4ccc(OC)c(F)c4F)cc3F)CC2)CC1. The van der Waals surface area contributed by atoms with Crippen LogP contribution in [-0.4, -0.2) is 7.11 Å². The van der Waals surface area contributed by atoms with Crippen molar-refractivity contribution in [3.63, 3.8) is 0 Å². The maximum atomic E-state index is 15.1. The van der Waals surface area contributed by atoms with E-state index in [0.717, 1.165) is 43.9 Å². The van der Waals surface area contributed by atoms with Gasteiger partial charge >= 0.3 is 0 Å². The van der Waals surface area contributed by atoms with E-state index in [4.69, 9.17) is 4.74 Å². The third kappa shape index (κ3) is 7.45. The van der Waals surface area contributed by atoms with Crippen molar-refractivity contribution < 1.29 is 17.9 Å². The first-order valence-corrected chi connectivity index (χ1v) is 15.0. The molecule has 1 nitrogen and oxygen atoms in total. The van der Waals surface area contributed by atoms with Crippen molar-refractivity contribution in [1.29, 1.82) is 0 Å². The lowest BCUT2D eigenvalue weighted by Gasteiger charge is -2.29. The molecule has 0 amide bonds. The fourth-order valence-electron chi connectivity index (χ4n) is 6.67. The smallest absolute Gasteiger partial charge is 0.201 e. The Morgan fingerprint density at radius 1 is 0.816 bits per heavy atom. The first-order valence-electron chi connectivity index (χ1n) is 15.0. The van der Waals surface area contributed by atoms with Gasteiger partial charge in [0.05, 0.1) is 7.11 Å². The van der Waals surface area contributed by atoms with Crippen LogP contribution in [0.3, 0.4) is 0 Å². The second-order valence-corrected chi connectivity index (χ2v) is 11.7. The molecule has 2 aliphatic carbocycles. The Morgan fingerprint density at radius 3 is 2.21 bits per heavy atom. The van der Waals surface area contributed by atoms with Crippen LogP contribution in [0.25, 0.3) is 11.1 Å². The van der Waals surface area contributed by atoms with Gasteiger partial charge in [-0.3, -0.25) is 0 Å². The van der Waals surface area contributed by atoms with Gasteiger partial charge in [-0.2, -0.15) is 4.39 Å². The Bertz CT molecular complexity index is 1050. The molecule has 2 saturated carbocycles. The minimum atomic E-state index is -1.05. The van der Waals surface area contributed by atoms with Crippen molar-refractivity contribution in [2.24, 2.45) is 17.8 Å². The van der Waals surface area contributed by atoms with Crippen molar-refractivity contribution >= 4 is 0 Å². The molecule has 0 saturated heterocycles. The standard InChI is InChI=1S/C34H45F3O/c1-3-4-5-8-24-11-13-25(14-12-24)9-6-7-10-26-15-17-27(18-16-26)29-20-19-28(23-31(29)35)30-21-22-32(38-2)34(37)33(30)36/h6,9,19-27H,3-5,7-8,10-18H2,1-2H3/b9-6+. The summed E-state index contributed by atoms with van der Waals surface area (Å²) in [7, 11) is 1.29. The fourth-order valence-corrected chi connectivity index (χ4v) is 6.67. The molecule has 0 N–H and O–H groups in total. The molecule has 208 valence electrons. The lowest BCUT2D eigenvalue weighted by atomic mass is 9.76. The molecule has 4 heteroatoms. The van der Waals surface area contributed by atoms with Gasteiger partial charge in [-0.25, -0.2) is 8.78 Å². The van der Waals surface area contributed by atoms with Crippen molar-refractivity contribution in [3.8, 4) is 16.9 Å². The summed E-state index contributed by atoms with van der Waals surface area (Å²) in [6.07, 6.45) is 22.6. The van der Waals surface area contributed by atoms with Gasteiger partial charge in [0.1, 0.15) is 5.82 Å². The van der Waals surface area contributed by atoms with E-state index < -0.39 is 11.6 Å². The first-order chi connectivity index (χ1) is 18.5. The van der Waals surface area contributed by atoms with Crippen LogP contribution in [0.4, 0.5) is 13.2 Å². The largest absolute Gasteiger partial charge is 0.494 e. The van der Waals surface area contributed by atoms with Gasteiger partial charge < -0.3 is 4.74 Å². The Morgan fingerprint density at radius 2 is 1.53 bits per heavy atom. The summed E-state index contributed by atoms with van der Waals surface area (Å²) in [5.74, 6) is 0.107. The van der Waals surface area contributed by atoms with E-state index in [2.05, 4.69) is 19.1 Å². The van der Waals surface area contributed by atoms with E-state index in [9.17, 15) is 8.78 Å². The number of hydrogen-bond donors (Lipinski definition) is 0. The zero-order chi connectivity index (χ0) is 26.9. The van der Waals surface area contributed by atoms with Gasteiger partial charge in [0.25, 0.3) is 0 Å².